The summed E-state index contributed by atoms with van der Waals surface area (Å²) in [7, 11) is 1.96. The van der Waals surface area contributed by atoms with Crippen LogP contribution in [0.1, 0.15) is 55.5 Å². The van der Waals surface area contributed by atoms with E-state index in [2.05, 4.69) is 18.3 Å². The number of hydrogen-bond acceptors (Lipinski definition) is 2. The summed E-state index contributed by atoms with van der Waals surface area (Å²) < 4.78 is 1.98. The maximum absolute atomic E-state index is 9.02. The Hall–Kier alpha value is -1.27. The molecule has 1 aromatic heterocycles. The molecule has 1 saturated carbocycles. The molecule has 0 unspecified atom stereocenters. The molecule has 0 aromatic carbocycles. The molecule has 0 saturated heterocycles. The second-order valence-corrected chi connectivity index (χ2v) is 5.38. The SMILES string of the molecule is Cc1c(CNC2CCCCCC2)cc(C#N)n1C. The normalized spacial score (nSPS) is 17.4. The van der Waals surface area contributed by atoms with Gasteiger partial charge in [-0.15, -0.1) is 0 Å². The number of aromatic nitrogens is 1. The summed E-state index contributed by atoms with van der Waals surface area (Å²) in [4.78, 5) is 0. The first-order valence-corrected chi connectivity index (χ1v) is 7.01. The van der Waals surface area contributed by atoms with Crippen LogP contribution in [0.25, 0.3) is 0 Å². The monoisotopic (exact) mass is 245 g/mol. The summed E-state index contributed by atoms with van der Waals surface area (Å²) in [5.41, 5.74) is 3.22. The zero-order chi connectivity index (χ0) is 13.0. The molecule has 1 aliphatic rings. The van der Waals surface area contributed by atoms with E-state index < -0.39 is 0 Å². The fourth-order valence-corrected chi connectivity index (χ4v) is 2.79. The fourth-order valence-electron chi connectivity index (χ4n) is 2.79. The average molecular weight is 245 g/mol. The maximum Gasteiger partial charge on any atom is 0.120 e. The van der Waals surface area contributed by atoms with E-state index >= 15 is 0 Å². The minimum Gasteiger partial charge on any atom is -0.340 e. The van der Waals surface area contributed by atoms with Gasteiger partial charge in [0.05, 0.1) is 0 Å². The van der Waals surface area contributed by atoms with E-state index in [0.717, 1.165) is 12.2 Å². The predicted molar refractivity (Wildman–Crippen MR) is 73.2 cm³/mol. The Bertz CT molecular complexity index is 431. The lowest BCUT2D eigenvalue weighted by molar-refractivity contribution is 0.458. The van der Waals surface area contributed by atoms with Crippen molar-refractivity contribution in [1.82, 2.24) is 9.88 Å². The highest BCUT2D eigenvalue weighted by atomic mass is 15.0. The third kappa shape index (κ3) is 2.94. The summed E-state index contributed by atoms with van der Waals surface area (Å²) in [6.45, 7) is 2.98. The van der Waals surface area contributed by atoms with E-state index in [9.17, 15) is 0 Å². The lowest BCUT2D eigenvalue weighted by Gasteiger charge is -2.16. The van der Waals surface area contributed by atoms with Gasteiger partial charge in [-0.25, -0.2) is 0 Å². The Morgan fingerprint density at radius 2 is 2.00 bits per heavy atom. The van der Waals surface area contributed by atoms with E-state index in [1.165, 1.54) is 49.8 Å². The first kappa shape index (κ1) is 13.2. The largest absolute Gasteiger partial charge is 0.340 e. The highest BCUT2D eigenvalue weighted by Crippen LogP contribution is 2.19. The van der Waals surface area contributed by atoms with Crippen LogP contribution in [-0.4, -0.2) is 10.6 Å². The molecule has 98 valence electrons. The lowest BCUT2D eigenvalue weighted by atomic mass is 10.1. The second kappa shape index (κ2) is 6.06. The number of nitriles is 1. The third-order valence-electron chi connectivity index (χ3n) is 4.19. The van der Waals surface area contributed by atoms with Gasteiger partial charge in [-0.1, -0.05) is 25.7 Å². The number of nitrogens with zero attached hydrogens (tertiary/aromatic N) is 2. The van der Waals surface area contributed by atoms with E-state index in [4.69, 9.17) is 5.26 Å². The second-order valence-electron chi connectivity index (χ2n) is 5.38. The van der Waals surface area contributed by atoms with Crippen LogP contribution in [0.15, 0.2) is 6.07 Å². The van der Waals surface area contributed by atoms with Gasteiger partial charge in [0.2, 0.25) is 0 Å². The van der Waals surface area contributed by atoms with E-state index in [-0.39, 0.29) is 0 Å². The molecule has 1 N–H and O–H groups in total. The molecule has 0 bridgehead atoms. The van der Waals surface area contributed by atoms with Gasteiger partial charge < -0.3 is 9.88 Å². The average Bonchev–Trinajstić information content (AvgIpc) is 2.60. The van der Waals surface area contributed by atoms with Gasteiger partial charge in [0, 0.05) is 25.3 Å². The molecule has 0 radical (unpaired) electrons. The van der Waals surface area contributed by atoms with Crippen molar-refractivity contribution < 1.29 is 0 Å². The summed E-state index contributed by atoms with van der Waals surface area (Å²) >= 11 is 0. The van der Waals surface area contributed by atoms with Gasteiger partial charge in [0.25, 0.3) is 0 Å². The molecule has 0 amide bonds. The third-order valence-corrected chi connectivity index (χ3v) is 4.19. The molecular weight excluding hydrogens is 222 g/mol. The van der Waals surface area contributed by atoms with Crippen LogP contribution < -0.4 is 5.32 Å². The van der Waals surface area contributed by atoms with Crippen molar-refractivity contribution >= 4 is 0 Å². The van der Waals surface area contributed by atoms with Crippen LogP contribution in [0.5, 0.6) is 0 Å². The van der Waals surface area contributed by atoms with Gasteiger partial charge >= 0.3 is 0 Å². The van der Waals surface area contributed by atoms with E-state index in [1.54, 1.807) is 0 Å². The Balaban J connectivity index is 1.95. The summed E-state index contributed by atoms with van der Waals surface area (Å²) in [5.74, 6) is 0. The number of nitrogens with one attached hydrogen (secondary N) is 1. The summed E-state index contributed by atoms with van der Waals surface area (Å²) in [6, 6.07) is 4.92. The quantitative estimate of drug-likeness (QED) is 0.832. The molecule has 1 heterocycles. The van der Waals surface area contributed by atoms with Crippen LogP contribution in [0.4, 0.5) is 0 Å². The molecule has 0 aliphatic heterocycles. The number of rotatable bonds is 3. The lowest BCUT2D eigenvalue weighted by Crippen LogP contribution is -2.28. The van der Waals surface area contributed by atoms with Crippen molar-refractivity contribution in [2.75, 3.05) is 0 Å². The van der Waals surface area contributed by atoms with Crippen LogP contribution >= 0.6 is 0 Å². The van der Waals surface area contributed by atoms with Crippen molar-refractivity contribution in [2.24, 2.45) is 7.05 Å². The van der Waals surface area contributed by atoms with E-state index in [1.807, 2.05) is 17.7 Å². The molecule has 0 atom stereocenters. The molecule has 1 aromatic rings. The minimum atomic E-state index is 0.664. The summed E-state index contributed by atoms with van der Waals surface area (Å²) in [5, 5.41) is 12.7. The standard InChI is InChI=1S/C15H23N3/c1-12-13(9-15(10-16)18(12)2)11-17-14-7-5-3-4-6-8-14/h9,14,17H,3-8,11H2,1-2H3. The molecule has 1 aliphatic carbocycles. The molecule has 3 heteroatoms. The van der Waals surface area contributed by atoms with Crippen molar-refractivity contribution in [2.45, 2.75) is 58.0 Å². The highest BCUT2D eigenvalue weighted by molar-refractivity contribution is 5.34. The van der Waals surface area contributed by atoms with Gasteiger partial charge in [-0.05, 0) is 31.4 Å². The number of hydrogen-bond donors (Lipinski definition) is 1. The molecule has 1 fully saturated rings. The van der Waals surface area contributed by atoms with Crippen LogP contribution in [0, 0.1) is 18.3 Å². The highest BCUT2D eigenvalue weighted by Gasteiger charge is 2.13. The van der Waals surface area contributed by atoms with Crippen LogP contribution in [0.3, 0.4) is 0 Å². The Labute approximate surface area is 110 Å². The Kier molecular flexibility index (Phi) is 4.43. The topological polar surface area (TPSA) is 40.8 Å². The molecule has 0 spiro atoms. The maximum atomic E-state index is 9.02. The zero-order valence-corrected chi connectivity index (χ0v) is 11.5. The van der Waals surface area contributed by atoms with Gasteiger partial charge in [0.1, 0.15) is 11.8 Å². The molecule has 2 rings (SSSR count). The van der Waals surface area contributed by atoms with Crippen molar-refractivity contribution in [3.8, 4) is 6.07 Å². The zero-order valence-electron chi connectivity index (χ0n) is 11.5. The minimum absolute atomic E-state index is 0.664. The van der Waals surface area contributed by atoms with Crippen LogP contribution in [0.2, 0.25) is 0 Å². The van der Waals surface area contributed by atoms with Crippen molar-refractivity contribution in [3.05, 3.63) is 23.0 Å². The molecule has 18 heavy (non-hydrogen) atoms. The van der Waals surface area contributed by atoms with Gasteiger partial charge in [-0.2, -0.15) is 5.26 Å². The predicted octanol–water partition coefficient (Wildman–Crippen LogP) is 3.02. The van der Waals surface area contributed by atoms with Gasteiger partial charge in [0.15, 0.2) is 0 Å². The Morgan fingerprint density at radius 3 is 2.56 bits per heavy atom. The Morgan fingerprint density at radius 1 is 1.33 bits per heavy atom. The van der Waals surface area contributed by atoms with Crippen molar-refractivity contribution in [3.63, 3.8) is 0 Å². The van der Waals surface area contributed by atoms with E-state index in [0.29, 0.717) is 6.04 Å². The van der Waals surface area contributed by atoms with Crippen LogP contribution in [-0.2, 0) is 13.6 Å². The molecule has 3 nitrogen and oxygen atoms in total. The smallest absolute Gasteiger partial charge is 0.120 e. The molecular formula is C15H23N3. The van der Waals surface area contributed by atoms with Crippen molar-refractivity contribution in [1.29, 1.82) is 5.26 Å². The first-order chi connectivity index (χ1) is 8.72. The fraction of sp³-hybridized carbons (Fsp3) is 0.667. The summed E-state index contributed by atoms with van der Waals surface area (Å²) in [6.07, 6.45) is 8.10. The van der Waals surface area contributed by atoms with Gasteiger partial charge in [-0.3, -0.25) is 0 Å². The first-order valence-electron chi connectivity index (χ1n) is 7.01.